The number of likely N-dealkylation sites (N-methyl/N-ethyl adjacent to an activating group) is 1. The molecule has 1 N–H and O–H groups in total. The molecule has 0 saturated carbocycles. The maximum atomic E-state index is 8.88. The molecule has 0 atom stereocenters. The third-order valence-corrected chi connectivity index (χ3v) is 2.46. The molecule has 1 saturated heterocycles. The van der Waals surface area contributed by atoms with Crippen LogP contribution in [-0.2, 0) is 0 Å². The van der Waals surface area contributed by atoms with Gasteiger partial charge in [0.25, 0.3) is 0 Å². The van der Waals surface area contributed by atoms with E-state index >= 15 is 0 Å². The van der Waals surface area contributed by atoms with Gasteiger partial charge in [-0.25, -0.2) is 0 Å². The van der Waals surface area contributed by atoms with Crippen LogP contribution in [0.15, 0.2) is 12.3 Å². The quantitative estimate of drug-likeness (QED) is 0.695. The third-order valence-electron chi connectivity index (χ3n) is 2.46. The van der Waals surface area contributed by atoms with Gasteiger partial charge < -0.3 is 10.2 Å². The summed E-state index contributed by atoms with van der Waals surface area (Å²) in [5, 5.41) is 19.8. The van der Waals surface area contributed by atoms with E-state index in [1.807, 2.05) is 11.9 Å². The van der Waals surface area contributed by atoms with Crippen LogP contribution in [0, 0.1) is 11.3 Å². The average molecular weight is 189 g/mol. The third kappa shape index (κ3) is 1.40. The van der Waals surface area contributed by atoms with E-state index in [-0.39, 0.29) is 0 Å². The summed E-state index contributed by atoms with van der Waals surface area (Å²) in [6.07, 6.45) is 1.54. The predicted molar refractivity (Wildman–Crippen MR) is 51.8 cm³/mol. The maximum Gasteiger partial charge on any atom is 0.169 e. The molecule has 1 aliphatic rings. The molecule has 0 spiro atoms. The van der Waals surface area contributed by atoms with Crippen LogP contribution in [0.1, 0.15) is 5.56 Å². The molecule has 1 aromatic rings. The molecule has 0 bridgehead atoms. The smallest absolute Gasteiger partial charge is 0.169 e. The molecule has 72 valence electrons. The molecule has 0 aromatic carbocycles. The number of nitrogens with one attached hydrogen (secondary N) is 1. The van der Waals surface area contributed by atoms with E-state index in [2.05, 4.69) is 21.6 Å². The minimum atomic E-state index is 0.429. The number of nitriles is 1. The molecular weight excluding hydrogens is 178 g/mol. The monoisotopic (exact) mass is 189 g/mol. The topological polar surface area (TPSA) is 64.8 Å². The summed E-state index contributed by atoms with van der Waals surface area (Å²) in [6, 6.07) is 4.23. The van der Waals surface area contributed by atoms with Crippen molar-refractivity contribution in [1.29, 1.82) is 5.26 Å². The second kappa shape index (κ2) is 3.60. The Bertz CT molecular complexity index is 366. The number of hydrogen-bond acceptors (Lipinski definition) is 5. The van der Waals surface area contributed by atoms with Gasteiger partial charge >= 0.3 is 0 Å². The van der Waals surface area contributed by atoms with Crippen LogP contribution >= 0.6 is 0 Å². The molecule has 2 heterocycles. The summed E-state index contributed by atoms with van der Waals surface area (Å²) >= 11 is 0. The van der Waals surface area contributed by atoms with Crippen molar-refractivity contribution < 1.29 is 0 Å². The average Bonchev–Trinajstić information content (AvgIpc) is 2.15. The Morgan fingerprint density at radius 2 is 2.43 bits per heavy atom. The normalized spacial score (nSPS) is 15.7. The van der Waals surface area contributed by atoms with E-state index in [9.17, 15) is 0 Å². The fraction of sp³-hybridized carbons (Fsp3) is 0.444. The molecule has 2 rings (SSSR count). The molecule has 1 fully saturated rings. The summed E-state index contributed by atoms with van der Waals surface area (Å²) in [5.74, 6) is 0.668. The van der Waals surface area contributed by atoms with Crippen LogP contribution in [0.3, 0.4) is 0 Å². The van der Waals surface area contributed by atoms with E-state index in [0.717, 1.165) is 13.1 Å². The number of aromatic nitrogens is 2. The van der Waals surface area contributed by atoms with E-state index in [1.165, 1.54) is 6.20 Å². The Labute approximate surface area is 82.4 Å². The van der Waals surface area contributed by atoms with Crippen molar-refractivity contribution in [2.75, 3.05) is 25.0 Å². The summed E-state index contributed by atoms with van der Waals surface area (Å²) in [4.78, 5) is 2.00. The second-order valence-electron chi connectivity index (χ2n) is 3.30. The van der Waals surface area contributed by atoms with Crippen molar-refractivity contribution >= 4 is 5.82 Å². The van der Waals surface area contributed by atoms with Gasteiger partial charge in [0, 0.05) is 20.1 Å². The first-order valence-corrected chi connectivity index (χ1v) is 4.48. The minimum absolute atomic E-state index is 0.429. The molecule has 1 aliphatic heterocycles. The summed E-state index contributed by atoms with van der Waals surface area (Å²) < 4.78 is 0. The highest BCUT2D eigenvalue weighted by Crippen LogP contribution is 2.17. The zero-order chi connectivity index (χ0) is 9.97. The van der Waals surface area contributed by atoms with Gasteiger partial charge in [-0.3, -0.25) is 0 Å². The molecular formula is C9H11N5. The molecule has 14 heavy (non-hydrogen) atoms. The molecule has 0 amide bonds. The van der Waals surface area contributed by atoms with Gasteiger partial charge in [-0.05, 0) is 6.07 Å². The summed E-state index contributed by atoms with van der Waals surface area (Å²) in [7, 11) is 1.94. The fourth-order valence-corrected chi connectivity index (χ4v) is 1.39. The lowest BCUT2D eigenvalue weighted by molar-refractivity contribution is 0.426. The van der Waals surface area contributed by atoms with Gasteiger partial charge in [-0.2, -0.15) is 10.4 Å². The SMILES string of the molecule is CN(c1nnccc1C#N)C1CNC1. The highest BCUT2D eigenvalue weighted by atomic mass is 15.3. The molecule has 5 heteroatoms. The first-order chi connectivity index (χ1) is 6.83. The Hall–Kier alpha value is -1.67. The lowest BCUT2D eigenvalue weighted by Crippen LogP contribution is -2.56. The van der Waals surface area contributed by atoms with Crippen LogP contribution in [0.4, 0.5) is 5.82 Å². The van der Waals surface area contributed by atoms with Crippen LogP contribution < -0.4 is 10.2 Å². The van der Waals surface area contributed by atoms with Crippen molar-refractivity contribution in [3.63, 3.8) is 0 Å². The minimum Gasteiger partial charge on any atom is -0.352 e. The summed E-state index contributed by atoms with van der Waals surface area (Å²) in [5.41, 5.74) is 0.578. The highest BCUT2D eigenvalue weighted by Gasteiger charge is 2.24. The van der Waals surface area contributed by atoms with Gasteiger partial charge in [0.05, 0.1) is 17.8 Å². The van der Waals surface area contributed by atoms with E-state index in [0.29, 0.717) is 17.4 Å². The predicted octanol–water partition coefficient (Wildman–Crippen LogP) is -0.244. The van der Waals surface area contributed by atoms with Crippen molar-refractivity contribution in [3.8, 4) is 6.07 Å². The number of hydrogen-bond donors (Lipinski definition) is 1. The zero-order valence-electron chi connectivity index (χ0n) is 7.94. The van der Waals surface area contributed by atoms with Crippen LogP contribution in [0.2, 0.25) is 0 Å². The Morgan fingerprint density at radius 3 is 3.00 bits per heavy atom. The van der Waals surface area contributed by atoms with E-state index < -0.39 is 0 Å². The van der Waals surface area contributed by atoms with Gasteiger partial charge in [0.1, 0.15) is 6.07 Å². The van der Waals surface area contributed by atoms with Gasteiger partial charge in [0.2, 0.25) is 0 Å². The molecule has 5 nitrogen and oxygen atoms in total. The molecule has 0 aliphatic carbocycles. The fourth-order valence-electron chi connectivity index (χ4n) is 1.39. The van der Waals surface area contributed by atoms with Crippen molar-refractivity contribution in [1.82, 2.24) is 15.5 Å². The number of nitrogens with zero attached hydrogens (tertiary/aromatic N) is 4. The Balaban J connectivity index is 2.26. The van der Waals surface area contributed by atoms with Crippen LogP contribution in [-0.4, -0.2) is 36.4 Å². The van der Waals surface area contributed by atoms with Crippen molar-refractivity contribution in [2.24, 2.45) is 0 Å². The number of rotatable bonds is 2. The highest BCUT2D eigenvalue weighted by molar-refractivity contribution is 5.53. The number of anilines is 1. The Kier molecular flexibility index (Phi) is 2.29. The largest absolute Gasteiger partial charge is 0.352 e. The second-order valence-corrected chi connectivity index (χ2v) is 3.30. The maximum absolute atomic E-state index is 8.88. The van der Waals surface area contributed by atoms with Crippen LogP contribution in [0.5, 0.6) is 0 Å². The van der Waals surface area contributed by atoms with Crippen molar-refractivity contribution in [2.45, 2.75) is 6.04 Å². The van der Waals surface area contributed by atoms with Crippen molar-refractivity contribution in [3.05, 3.63) is 17.8 Å². The summed E-state index contributed by atoms with van der Waals surface area (Å²) in [6.45, 7) is 1.88. The lowest BCUT2D eigenvalue weighted by atomic mass is 10.1. The van der Waals surface area contributed by atoms with Gasteiger partial charge in [0.15, 0.2) is 5.82 Å². The van der Waals surface area contributed by atoms with E-state index in [1.54, 1.807) is 6.07 Å². The van der Waals surface area contributed by atoms with Gasteiger partial charge in [-0.15, -0.1) is 5.10 Å². The van der Waals surface area contributed by atoms with Crippen LogP contribution in [0.25, 0.3) is 0 Å². The first-order valence-electron chi connectivity index (χ1n) is 4.48. The Morgan fingerprint density at radius 1 is 1.64 bits per heavy atom. The molecule has 0 radical (unpaired) electrons. The lowest BCUT2D eigenvalue weighted by Gasteiger charge is -2.36. The standard InChI is InChI=1S/C9H11N5/c1-14(8-5-11-6-8)9-7(4-10)2-3-12-13-9/h2-3,8,11H,5-6H2,1H3. The van der Waals surface area contributed by atoms with Gasteiger partial charge in [-0.1, -0.05) is 0 Å². The zero-order valence-corrected chi connectivity index (χ0v) is 7.94. The molecule has 0 unspecified atom stereocenters. The first kappa shape index (κ1) is 8.91. The molecule has 1 aromatic heterocycles. The van der Waals surface area contributed by atoms with E-state index in [4.69, 9.17) is 5.26 Å².